The summed E-state index contributed by atoms with van der Waals surface area (Å²) in [7, 11) is 0. The predicted octanol–water partition coefficient (Wildman–Crippen LogP) is 5.28. The van der Waals surface area contributed by atoms with Crippen LogP contribution in [0.2, 0.25) is 0 Å². The highest BCUT2D eigenvalue weighted by molar-refractivity contribution is 5.96. The molecule has 0 spiro atoms. The van der Waals surface area contributed by atoms with Gasteiger partial charge in [0.2, 0.25) is 5.91 Å². The molecule has 31 heavy (non-hydrogen) atoms. The number of rotatable bonds is 3. The largest absolute Gasteiger partial charge is 0.312 e. The SMILES string of the molecule is Cc1ccc2nc(-c3ccc(F)c(C)c3)c(CC(=O)N3CCCc4ccccc43)n2c1. The van der Waals surface area contributed by atoms with Crippen LogP contribution >= 0.6 is 0 Å². The Labute approximate surface area is 181 Å². The first-order valence-electron chi connectivity index (χ1n) is 10.6. The van der Waals surface area contributed by atoms with Gasteiger partial charge < -0.3 is 9.30 Å². The molecule has 0 aliphatic carbocycles. The molecule has 0 N–H and O–H groups in total. The Hall–Kier alpha value is -3.47. The summed E-state index contributed by atoms with van der Waals surface area (Å²) >= 11 is 0. The molecular weight excluding hydrogens is 389 g/mol. The number of carbonyl (C=O) groups is 1. The van der Waals surface area contributed by atoms with E-state index in [1.807, 2.05) is 52.8 Å². The summed E-state index contributed by atoms with van der Waals surface area (Å²) in [6.07, 6.45) is 4.19. The van der Waals surface area contributed by atoms with Crippen LogP contribution in [-0.4, -0.2) is 21.8 Å². The van der Waals surface area contributed by atoms with Gasteiger partial charge in [-0.1, -0.05) is 24.3 Å². The smallest absolute Gasteiger partial charge is 0.233 e. The van der Waals surface area contributed by atoms with Crippen LogP contribution in [0.1, 0.15) is 28.8 Å². The lowest BCUT2D eigenvalue weighted by Crippen LogP contribution is -2.36. The zero-order chi connectivity index (χ0) is 21.5. The van der Waals surface area contributed by atoms with Crippen molar-refractivity contribution in [3.8, 4) is 11.3 Å². The molecule has 5 rings (SSSR count). The second-order valence-corrected chi connectivity index (χ2v) is 8.26. The Bertz CT molecular complexity index is 1310. The maximum absolute atomic E-state index is 13.9. The van der Waals surface area contributed by atoms with Crippen molar-refractivity contribution in [1.82, 2.24) is 9.38 Å². The minimum atomic E-state index is -0.245. The van der Waals surface area contributed by atoms with Gasteiger partial charge in [-0.05, 0) is 73.7 Å². The van der Waals surface area contributed by atoms with Crippen LogP contribution in [0.4, 0.5) is 10.1 Å². The van der Waals surface area contributed by atoms with Crippen LogP contribution < -0.4 is 4.90 Å². The average Bonchev–Trinajstić information content (AvgIpc) is 3.12. The molecule has 0 radical (unpaired) electrons. The van der Waals surface area contributed by atoms with Crippen LogP contribution in [0, 0.1) is 19.7 Å². The summed E-state index contributed by atoms with van der Waals surface area (Å²) in [4.78, 5) is 20.2. The summed E-state index contributed by atoms with van der Waals surface area (Å²) in [5.74, 6) is -0.193. The summed E-state index contributed by atoms with van der Waals surface area (Å²) in [5, 5.41) is 0. The van der Waals surface area contributed by atoms with Crippen molar-refractivity contribution in [2.45, 2.75) is 33.1 Å². The molecule has 0 bridgehead atoms. The van der Waals surface area contributed by atoms with Crippen molar-refractivity contribution in [2.24, 2.45) is 0 Å². The van der Waals surface area contributed by atoms with E-state index in [1.54, 1.807) is 19.1 Å². The number of aromatic nitrogens is 2. The zero-order valence-corrected chi connectivity index (χ0v) is 17.7. The van der Waals surface area contributed by atoms with Gasteiger partial charge in [-0.25, -0.2) is 9.37 Å². The van der Waals surface area contributed by atoms with Crippen LogP contribution in [0.15, 0.2) is 60.8 Å². The molecule has 1 aliphatic rings. The van der Waals surface area contributed by atoms with Gasteiger partial charge in [0, 0.05) is 24.0 Å². The van der Waals surface area contributed by atoms with Crippen molar-refractivity contribution >= 4 is 17.2 Å². The molecule has 156 valence electrons. The lowest BCUT2D eigenvalue weighted by atomic mass is 10.0. The second kappa shape index (κ2) is 7.65. The van der Waals surface area contributed by atoms with Crippen molar-refractivity contribution in [3.63, 3.8) is 0 Å². The third kappa shape index (κ3) is 3.50. The molecule has 1 aliphatic heterocycles. The van der Waals surface area contributed by atoms with E-state index in [-0.39, 0.29) is 18.1 Å². The highest BCUT2D eigenvalue weighted by Gasteiger charge is 2.25. The van der Waals surface area contributed by atoms with Gasteiger partial charge in [0.1, 0.15) is 11.5 Å². The predicted molar refractivity (Wildman–Crippen MR) is 121 cm³/mol. The maximum Gasteiger partial charge on any atom is 0.233 e. The second-order valence-electron chi connectivity index (χ2n) is 8.26. The average molecular weight is 413 g/mol. The number of hydrogen-bond acceptors (Lipinski definition) is 2. The zero-order valence-electron chi connectivity index (χ0n) is 17.7. The molecule has 1 amide bonds. The Morgan fingerprint density at radius 3 is 2.77 bits per heavy atom. The molecule has 3 heterocycles. The number of imidazole rings is 1. The Balaban J connectivity index is 1.60. The van der Waals surface area contributed by atoms with Gasteiger partial charge in [-0.3, -0.25) is 4.79 Å². The third-order valence-electron chi connectivity index (χ3n) is 6.03. The third-order valence-corrected chi connectivity index (χ3v) is 6.03. The van der Waals surface area contributed by atoms with Gasteiger partial charge >= 0.3 is 0 Å². The highest BCUT2D eigenvalue weighted by atomic mass is 19.1. The number of aryl methyl sites for hydroxylation is 3. The highest BCUT2D eigenvalue weighted by Crippen LogP contribution is 2.30. The van der Waals surface area contributed by atoms with Gasteiger partial charge in [-0.2, -0.15) is 0 Å². The standard InChI is InChI=1S/C26H24FN3O/c1-17-9-12-24-28-26(20-10-11-21(27)18(2)14-20)23(30(24)16-17)15-25(31)29-13-5-7-19-6-3-4-8-22(19)29/h3-4,6,8-12,14,16H,5,7,13,15H2,1-2H3. The molecule has 4 nitrogen and oxygen atoms in total. The minimum Gasteiger partial charge on any atom is -0.312 e. The number of benzene rings is 2. The number of anilines is 1. The van der Waals surface area contributed by atoms with Gasteiger partial charge in [-0.15, -0.1) is 0 Å². The van der Waals surface area contributed by atoms with Gasteiger partial charge in [0.25, 0.3) is 0 Å². The van der Waals surface area contributed by atoms with Crippen molar-refractivity contribution < 1.29 is 9.18 Å². The molecule has 0 atom stereocenters. The van der Waals surface area contributed by atoms with Crippen molar-refractivity contribution in [1.29, 1.82) is 0 Å². The van der Waals surface area contributed by atoms with E-state index in [9.17, 15) is 9.18 Å². The number of amides is 1. The van der Waals surface area contributed by atoms with Gasteiger partial charge in [0.15, 0.2) is 0 Å². The van der Waals surface area contributed by atoms with Crippen molar-refractivity contribution in [2.75, 3.05) is 11.4 Å². The quantitative estimate of drug-likeness (QED) is 0.458. The van der Waals surface area contributed by atoms with Crippen LogP contribution in [-0.2, 0) is 17.6 Å². The fraction of sp³-hybridized carbons (Fsp3) is 0.231. The normalized spacial score (nSPS) is 13.5. The number of pyridine rings is 1. The first kappa shape index (κ1) is 19.5. The van der Waals surface area contributed by atoms with E-state index in [0.717, 1.165) is 53.2 Å². The van der Waals surface area contributed by atoms with Crippen molar-refractivity contribution in [3.05, 3.63) is 89.0 Å². The molecule has 2 aromatic heterocycles. The number of nitrogens with zero attached hydrogens (tertiary/aromatic N) is 3. The van der Waals surface area contributed by atoms with Gasteiger partial charge in [0.05, 0.1) is 17.8 Å². The number of hydrogen-bond donors (Lipinski definition) is 0. The topological polar surface area (TPSA) is 37.6 Å². The molecule has 0 saturated heterocycles. The first-order chi connectivity index (χ1) is 15.0. The summed E-state index contributed by atoms with van der Waals surface area (Å²) in [6.45, 7) is 4.48. The lowest BCUT2D eigenvalue weighted by Gasteiger charge is -2.29. The van der Waals surface area contributed by atoms with E-state index in [1.165, 1.54) is 11.6 Å². The molecule has 0 saturated carbocycles. The van der Waals surface area contributed by atoms with E-state index >= 15 is 0 Å². The molecule has 4 aromatic rings. The molecular formula is C26H24FN3O. The van der Waals surface area contributed by atoms with E-state index in [4.69, 9.17) is 4.98 Å². The molecule has 0 fully saturated rings. The molecule has 5 heteroatoms. The summed E-state index contributed by atoms with van der Waals surface area (Å²) < 4.78 is 15.9. The number of carbonyl (C=O) groups excluding carboxylic acids is 1. The van der Waals surface area contributed by atoms with Crippen LogP contribution in [0.3, 0.4) is 0 Å². The first-order valence-corrected chi connectivity index (χ1v) is 10.6. The molecule has 0 unspecified atom stereocenters. The van der Waals surface area contributed by atoms with E-state index in [2.05, 4.69) is 6.07 Å². The minimum absolute atomic E-state index is 0.0514. The molecule has 2 aromatic carbocycles. The van der Waals surface area contributed by atoms with Crippen LogP contribution in [0.25, 0.3) is 16.9 Å². The summed E-state index contributed by atoms with van der Waals surface area (Å²) in [5.41, 5.74) is 7.03. The monoisotopic (exact) mass is 413 g/mol. The van der Waals surface area contributed by atoms with E-state index < -0.39 is 0 Å². The Morgan fingerprint density at radius 1 is 1.10 bits per heavy atom. The number of para-hydroxylation sites is 1. The maximum atomic E-state index is 13.9. The summed E-state index contributed by atoms with van der Waals surface area (Å²) in [6, 6.07) is 17.1. The Kier molecular flexibility index (Phi) is 4.81. The fourth-order valence-corrected chi connectivity index (χ4v) is 4.42. The lowest BCUT2D eigenvalue weighted by molar-refractivity contribution is -0.118. The fourth-order valence-electron chi connectivity index (χ4n) is 4.42. The van der Waals surface area contributed by atoms with Crippen LogP contribution in [0.5, 0.6) is 0 Å². The van der Waals surface area contributed by atoms with E-state index in [0.29, 0.717) is 5.56 Å². The number of fused-ring (bicyclic) bond motifs is 2. The Morgan fingerprint density at radius 2 is 1.94 bits per heavy atom. The number of halogens is 1.